The fraction of sp³-hybridized carbons (Fsp3) is 0.692. The number of carbonyl (C=O) groups excluding carboxylic acids is 2. The second kappa shape index (κ2) is 6.78. The Morgan fingerprint density at radius 3 is 2.60 bits per heavy atom. The molecule has 1 amide bonds. The van der Waals surface area contributed by atoms with Crippen LogP contribution < -0.4 is 0 Å². The van der Waals surface area contributed by atoms with E-state index in [4.69, 9.17) is 9.16 Å². The quantitative estimate of drug-likeness (QED) is 0.255. The highest BCUT2D eigenvalue weighted by Crippen LogP contribution is 2.34. The lowest BCUT2D eigenvalue weighted by molar-refractivity contribution is -0.163. The summed E-state index contributed by atoms with van der Waals surface area (Å²) in [7, 11) is -1.70. The van der Waals surface area contributed by atoms with Gasteiger partial charge in [-0.05, 0) is 26.6 Å². The van der Waals surface area contributed by atoms with E-state index in [1.54, 1.807) is 0 Å². The molecule has 0 aliphatic carbocycles. The van der Waals surface area contributed by atoms with Gasteiger partial charge >= 0.3 is 5.97 Å². The molecule has 1 rings (SSSR count). The summed E-state index contributed by atoms with van der Waals surface area (Å²) in [5.74, 6) is -0.849. The zero-order chi connectivity index (χ0) is 15.5. The number of β-lactam (4-membered cyclic amide) rings is 1. The maximum absolute atomic E-state index is 12.1. The molecule has 114 valence electrons. The molecular weight excluding hydrogens is 294 g/mol. The Morgan fingerprint density at radius 2 is 2.15 bits per heavy atom. The Bertz CT molecular complexity index is 396. The van der Waals surface area contributed by atoms with Gasteiger partial charge in [-0.25, -0.2) is 0 Å². The van der Waals surface area contributed by atoms with Crippen molar-refractivity contribution in [1.82, 2.24) is 4.90 Å². The van der Waals surface area contributed by atoms with E-state index in [0.29, 0.717) is 0 Å². The smallest absolute Gasteiger partial charge is 0.325 e. The molecule has 0 spiro atoms. The fourth-order valence-electron chi connectivity index (χ4n) is 2.14. The minimum atomic E-state index is -1.70. The summed E-state index contributed by atoms with van der Waals surface area (Å²) in [5, 5.41) is -0.301. The lowest BCUT2D eigenvalue weighted by Crippen LogP contribution is -2.64. The molecule has 1 aliphatic rings. The van der Waals surface area contributed by atoms with Crippen molar-refractivity contribution in [3.63, 3.8) is 0 Å². The number of amides is 1. The predicted octanol–water partition coefficient (Wildman–Crippen LogP) is 1.67. The predicted molar refractivity (Wildman–Crippen MR) is 83.0 cm³/mol. The van der Waals surface area contributed by atoms with E-state index in [-0.39, 0.29) is 36.5 Å². The standard InChI is InChI=1S/C13H23NO4SSi/c1-6-7-17-10(15)8-14-12(16)11(13(14)19)9(2)18-20(3,4)5/h6,9,11,13,19H,1,7-8H2,2-5H3/t9?,11-,13+/m0/s1. The highest BCUT2D eigenvalue weighted by Gasteiger charge is 2.49. The van der Waals surface area contributed by atoms with E-state index in [0.717, 1.165) is 0 Å². The van der Waals surface area contributed by atoms with Crippen LogP contribution in [0.3, 0.4) is 0 Å². The average Bonchev–Trinajstić information content (AvgIpc) is 2.31. The number of rotatable bonds is 7. The van der Waals surface area contributed by atoms with Crippen molar-refractivity contribution in [2.45, 2.75) is 38.0 Å². The van der Waals surface area contributed by atoms with Gasteiger partial charge in [0.25, 0.3) is 0 Å². The molecular formula is C13H23NO4SSi. The van der Waals surface area contributed by atoms with Crippen molar-refractivity contribution < 1.29 is 18.8 Å². The number of nitrogens with zero attached hydrogens (tertiary/aromatic N) is 1. The molecule has 1 saturated heterocycles. The molecule has 0 aromatic rings. The Labute approximate surface area is 126 Å². The summed E-state index contributed by atoms with van der Waals surface area (Å²) in [6, 6.07) is 0. The molecule has 1 fully saturated rings. The van der Waals surface area contributed by atoms with Crippen molar-refractivity contribution in [3.8, 4) is 0 Å². The third-order valence-electron chi connectivity index (χ3n) is 2.92. The number of thiol groups is 1. The lowest BCUT2D eigenvalue weighted by atomic mass is 9.93. The Balaban J connectivity index is 2.52. The Hall–Kier alpha value is -0.793. The van der Waals surface area contributed by atoms with Gasteiger partial charge in [0, 0.05) is 0 Å². The van der Waals surface area contributed by atoms with Crippen molar-refractivity contribution in [2.75, 3.05) is 13.2 Å². The number of ether oxygens (including phenoxy) is 1. The fourth-order valence-corrected chi connectivity index (χ4v) is 3.97. The SMILES string of the molecule is C=CCOC(=O)CN1C(=O)[C@H](C(C)O[Si](C)(C)C)[C@H]1S. The summed E-state index contributed by atoms with van der Waals surface area (Å²) in [6.07, 6.45) is 1.30. The van der Waals surface area contributed by atoms with Crippen molar-refractivity contribution in [3.05, 3.63) is 12.7 Å². The van der Waals surface area contributed by atoms with Crippen LogP contribution in [0, 0.1) is 5.92 Å². The zero-order valence-corrected chi connectivity index (χ0v) is 14.4. The molecule has 1 unspecified atom stereocenters. The molecule has 3 atom stereocenters. The summed E-state index contributed by atoms with van der Waals surface area (Å²) < 4.78 is 10.8. The van der Waals surface area contributed by atoms with Gasteiger partial charge < -0.3 is 14.1 Å². The van der Waals surface area contributed by atoms with Gasteiger partial charge in [-0.2, -0.15) is 12.6 Å². The first-order valence-electron chi connectivity index (χ1n) is 6.60. The third kappa shape index (κ3) is 4.36. The molecule has 1 heterocycles. The highest BCUT2D eigenvalue weighted by molar-refractivity contribution is 7.81. The maximum Gasteiger partial charge on any atom is 0.325 e. The Kier molecular flexibility index (Phi) is 5.85. The van der Waals surface area contributed by atoms with Crippen LogP contribution in [0.25, 0.3) is 0 Å². The zero-order valence-electron chi connectivity index (χ0n) is 12.5. The first-order valence-corrected chi connectivity index (χ1v) is 10.5. The highest BCUT2D eigenvalue weighted by atomic mass is 32.1. The lowest BCUT2D eigenvalue weighted by Gasteiger charge is -2.47. The van der Waals surface area contributed by atoms with Gasteiger partial charge in [-0.15, -0.1) is 0 Å². The summed E-state index contributed by atoms with van der Waals surface area (Å²) in [6.45, 7) is 11.6. The van der Waals surface area contributed by atoms with Crippen molar-refractivity contribution in [2.24, 2.45) is 5.92 Å². The summed E-state index contributed by atoms with van der Waals surface area (Å²) >= 11 is 4.40. The minimum absolute atomic E-state index is 0.0724. The van der Waals surface area contributed by atoms with E-state index in [1.165, 1.54) is 11.0 Å². The van der Waals surface area contributed by atoms with Crippen LogP contribution in [-0.2, 0) is 18.8 Å². The molecule has 7 heteroatoms. The first kappa shape index (κ1) is 17.3. The number of likely N-dealkylation sites (tertiary alicyclic amines) is 1. The van der Waals surface area contributed by atoms with E-state index in [9.17, 15) is 9.59 Å². The second-order valence-corrected chi connectivity index (χ2v) is 10.8. The van der Waals surface area contributed by atoms with E-state index in [1.807, 2.05) is 6.92 Å². The Morgan fingerprint density at radius 1 is 1.55 bits per heavy atom. The van der Waals surface area contributed by atoms with Crippen LogP contribution in [0.1, 0.15) is 6.92 Å². The average molecular weight is 317 g/mol. The molecule has 0 radical (unpaired) electrons. The number of carbonyl (C=O) groups is 2. The summed E-state index contributed by atoms with van der Waals surface area (Å²) in [4.78, 5) is 25.0. The minimum Gasteiger partial charge on any atom is -0.460 e. The number of hydrogen-bond donors (Lipinski definition) is 1. The topological polar surface area (TPSA) is 55.8 Å². The molecule has 5 nitrogen and oxygen atoms in total. The molecule has 0 bridgehead atoms. The van der Waals surface area contributed by atoms with Crippen LogP contribution in [0.15, 0.2) is 12.7 Å². The number of esters is 1. The van der Waals surface area contributed by atoms with Crippen LogP contribution in [0.5, 0.6) is 0 Å². The monoisotopic (exact) mass is 317 g/mol. The van der Waals surface area contributed by atoms with E-state index < -0.39 is 14.3 Å². The van der Waals surface area contributed by atoms with Crippen LogP contribution in [0.2, 0.25) is 19.6 Å². The largest absolute Gasteiger partial charge is 0.460 e. The van der Waals surface area contributed by atoms with Gasteiger partial charge in [0.15, 0.2) is 8.32 Å². The summed E-state index contributed by atoms with van der Waals surface area (Å²) in [5.41, 5.74) is 0. The van der Waals surface area contributed by atoms with Crippen LogP contribution in [-0.4, -0.2) is 49.7 Å². The van der Waals surface area contributed by atoms with Gasteiger partial charge in [-0.1, -0.05) is 12.7 Å². The van der Waals surface area contributed by atoms with Crippen molar-refractivity contribution >= 4 is 32.8 Å². The molecule has 20 heavy (non-hydrogen) atoms. The van der Waals surface area contributed by atoms with Gasteiger partial charge in [0.1, 0.15) is 13.2 Å². The molecule has 1 aliphatic heterocycles. The van der Waals surface area contributed by atoms with Crippen LogP contribution >= 0.6 is 12.6 Å². The van der Waals surface area contributed by atoms with Gasteiger partial charge in [0.05, 0.1) is 17.4 Å². The maximum atomic E-state index is 12.1. The molecule has 0 aromatic carbocycles. The third-order valence-corrected chi connectivity index (χ3v) is 4.59. The van der Waals surface area contributed by atoms with Crippen LogP contribution in [0.4, 0.5) is 0 Å². The molecule has 0 N–H and O–H groups in total. The van der Waals surface area contributed by atoms with Gasteiger partial charge in [-0.3, -0.25) is 9.59 Å². The molecule has 0 aromatic heterocycles. The van der Waals surface area contributed by atoms with Gasteiger partial charge in [0.2, 0.25) is 5.91 Å². The second-order valence-electron chi connectivity index (χ2n) is 5.81. The first-order chi connectivity index (χ1) is 9.17. The normalized spacial score (nSPS) is 24.1. The molecule has 0 saturated carbocycles. The van der Waals surface area contributed by atoms with E-state index >= 15 is 0 Å². The van der Waals surface area contributed by atoms with E-state index in [2.05, 4.69) is 38.8 Å². The number of hydrogen-bond acceptors (Lipinski definition) is 5. The van der Waals surface area contributed by atoms with Crippen molar-refractivity contribution in [1.29, 1.82) is 0 Å².